The van der Waals surface area contributed by atoms with Crippen molar-refractivity contribution in [2.45, 2.75) is 58.5 Å². The Kier molecular flexibility index (Phi) is 8.23. The number of benzene rings is 1. The van der Waals surface area contributed by atoms with Gasteiger partial charge in [0, 0.05) is 36.3 Å². The van der Waals surface area contributed by atoms with E-state index in [1.807, 2.05) is 11.7 Å². The molecule has 5 nitrogen and oxygen atoms in total. The van der Waals surface area contributed by atoms with E-state index in [1.165, 1.54) is 33.0 Å². The molecule has 0 atom stereocenters. The topological polar surface area (TPSA) is 54.2 Å². The number of nitrogens with zero attached hydrogens (tertiary/aromatic N) is 3. The van der Waals surface area contributed by atoms with Gasteiger partial charge in [-0.15, -0.1) is 11.8 Å². The highest BCUT2D eigenvalue weighted by Crippen LogP contribution is 2.22. The molecule has 2 aromatic rings. The maximum atomic E-state index is 4.81. The smallest absolute Gasteiger partial charge is 0.191 e. The minimum atomic E-state index is 0.667. The zero-order valence-corrected chi connectivity index (χ0v) is 18.3. The van der Waals surface area contributed by atoms with Gasteiger partial charge in [0.15, 0.2) is 5.96 Å². The number of hydrogen-bond acceptors (Lipinski definition) is 3. The van der Waals surface area contributed by atoms with Crippen LogP contribution in [-0.2, 0) is 33.0 Å². The third kappa shape index (κ3) is 5.51. The molecule has 0 aliphatic rings. The highest BCUT2D eigenvalue weighted by Gasteiger charge is 2.14. The molecular formula is C21H33N5S. The molecule has 0 saturated carbocycles. The first-order chi connectivity index (χ1) is 13.0. The minimum absolute atomic E-state index is 0.667. The van der Waals surface area contributed by atoms with Crippen LogP contribution in [0.15, 0.2) is 28.1 Å². The van der Waals surface area contributed by atoms with Gasteiger partial charge in [-0.05, 0) is 50.1 Å². The monoisotopic (exact) mass is 387 g/mol. The predicted octanol–water partition coefficient (Wildman–Crippen LogP) is 3.83. The molecule has 6 heteroatoms. The number of aliphatic imine (C=N–C) groups is 1. The van der Waals surface area contributed by atoms with E-state index >= 15 is 0 Å². The Morgan fingerprint density at radius 1 is 1.19 bits per heavy atom. The Labute approximate surface area is 168 Å². The van der Waals surface area contributed by atoms with Gasteiger partial charge in [-0.1, -0.05) is 26.0 Å². The number of nitrogens with one attached hydrogen (secondary N) is 2. The van der Waals surface area contributed by atoms with Crippen molar-refractivity contribution in [3.63, 3.8) is 0 Å². The normalized spacial score (nSPS) is 11.7. The maximum absolute atomic E-state index is 4.81. The summed E-state index contributed by atoms with van der Waals surface area (Å²) in [4.78, 5) is 6.10. The van der Waals surface area contributed by atoms with E-state index < -0.39 is 0 Å². The molecule has 0 aliphatic carbocycles. The van der Waals surface area contributed by atoms with Gasteiger partial charge in [0.05, 0.1) is 12.2 Å². The third-order valence-electron chi connectivity index (χ3n) is 4.65. The van der Waals surface area contributed by atoms with Crippen molar-refractivity contribution in [3.05, 3.63) is 46.3 Å². The molecule has 0 fully saturated rings. The summed E-state index contributed by atoms with van der Waals surface area (Å²) in [5.74, 6) is 0.845. The number of aromatic nitrogens is 2. The Balaban J connectivity index is 2.15. The van der Waals surface area contributed by atoms with E-state index in [2.05, 4.69) is 67.9 Å². The standard InChI is InChI=1S/C21H33N5S/c1-7-18-17(19(8-2)26(5)25-18)14-24-21(22-9-3)23-13-16-11-10-15(4)12-20(16)27-6/h10-12H,7-9,13-14H2,1-6H3,(H2,22,23,24). The summed E-state index contributed by atoms with van der Waals surface area (Å²) >= 11 is 1.78. The maximum Gasteiger partial charge on any atom is 0.191 e. The molecule has 2 N–H and O–H groups in total. The van der Waals surface area contributed by atoms with Crippen LogP contribution in [0.1, 0.15) is 48.8 Å². The second-order valence-corrected chi connectivity index (χ2v) is 7.41. The lowest BCUT2D eigenvalue weighted by atomic mass is 10.1. The van der Waals surface area contributed by atoms with E-state index in [9.17, 15) is 0 Å². The molecule has 0 saturated heterocycles. The summed E-state index contributed by atoms with van der Waals surface area (Å²) in [5, 5.41) is 11.5. The molecule has 0 radical (unpaired) electrons. The van der Waals surface area contributed by atoms with Gasteiger partial charge in [0.2, 0.25) is 0 Å². The minimum Gasteiger partial charge on any atom is -0.357 e. The van der Waals surface area contributed by atoms with Gasteiger partial charge in [0.25, 0.3) is 0 Å². The second-order valence-electron chi connectivity index (χ2n) is 6.57. The van der Waals surface area contributed by atoms with E-state index in [0.29, 0.717) is 6.54 Å². The van der Waals surface area contributed by atoms with Crippen LogP contribution in [0.5, 0.6) is 0 Å². The van der Waals surface area contributed by atoms with Crippen LogP contribution in [-0.4, -0.2) is 28.5 Å². The number of rotatable bonds is 8. The first-order valence-electron chi connectivity index (χ1n) is 9.73. The van der Waals surface area contributed by atoms with Crippen molar-refractivity contribution in [2.24, 2.45) is 12.0 Å². The van der Waals surface area contributed by atoms with Gasteiger partial charge in [-0.25, -0.2) is 4.99 Å². The summed E-state index contributed by atoms with van der Waals surface area (Å²) < 4.78 is 2.01. The van der Waals surface area contributed by atoms with Gasteiger partial charge in [-0.2, -0.15) is 5.10 Å². The molecule has 148 valence electrons. The molecule has 2 rings (SSSR count). The quantitative estimate of drug-likeness (QED) is 0.411. The van der Waals surface area contributed by atoms with Crippen LogP contribution in [0.25, 0.3) is 0 Å². The highest BCUT2D eigenvalue weighted by atomic mass is 32.2. The lowest BCUT2D eigenvalue weighted by molar-refractivity contribution is 0.702. The molecule has 1 aromatic heterocycles. The van der Waals surface area contributed by atoms with E-state index in [-0.39, 0.29) is 0 Å². The molecule has 27 heavy (non-hydrogen) atoms. The largest absolute Gasteiger partial charge is 0.357 e. The Hall–Kier alpha value is -1.95. The second kappa shape index (κ2) is 10.4. The van der Waals surface area contributed by atoms with Crippen molar-refractivity contribution < 1.29 is 0 Å². The van der Waals surface area contributed by atoms with E-state index in [1.54, 1.807) is 11.8 Å². The zero-order chi connectivity index (χ0) is 19.8. The zero-order valence-electron chi connectivity index (χ0n) is 17.5. The van der Waals surface area contributed by atoms with Crippen molar-refractivity contribution in [1.82, 2.24) is 20.4 Å². The Morgan fingerprint density at radius 3 is 2.59 bits per heavy atom. The molecule has 0 unspecified atom stereocenters. The van der Waals surface area contributed by atoms with Crippen molar-refractivity contribution >= 4 is 17.7 Å². The first-order valence-corrected chi connectivity index (χ1v) is 11.0. The summed E-state index contributed by atoms with van der Waals surface area (Å²) in [5.41, 5.74) is 6.30. The van der Waals surface area contributed by atoms with Gasteiger partial charge >= 0.3 is 0 Å². The molecule has 1 heterocycles. The summed E-state index contributed by atoms with van der Waals surface area (Å²) in [6.45, 7) is 10.8. The molecular weight excluding hydrogens is 354 g/mol. The Morgan fingerprint density at radius 2 is 1.96 bits per heavy atom. The van der Waals surface area contributed by atoms with Gasteiger partial charge in [0.1, 0.15) is 0 Å². The van der Waals surface area contributed by atoms with Gasteiger partial charge in [-0.3, -0.25) is 4.68 Å². The number of guanidine groups is 1. The van der Waals surface area contributed by atoms with Crippen molar-refractivity contribution in [1.29, 1.82) is 0 Å². The summed E-state index contributed by atoms with van der Waals surface area (Å²) in [7, 11) is 2.03. The fourth-order valence-corrected chi connectivity index (χ4v) is 3.95. The summed E-state index contributed by atoms with van der Waals surface area (Å²) in [6.07, 6.45) is 4.04. The third-order valence-corrected chi connectivity index (χ3v) is 5.47. The molecule has 0 spiro atoms. The van der Waals surface area contributed by atoms with Crippen LogP contribution in [0.2, 0.25) is 0 Å². The van der Waals surface area contributed by atoms with Crippen molar-refractivity contribution in [2.75, 3.05) is 12.8 Å². The van der Waals surface area contributed by atoms with Crippen LogP contribution in [0.3, 0.4) is 0 Å². The average Bonchev–Trinajstić information content (AvgIpc) is 2.99. The first kappa shape index (κ1) is 21.4. The SMILES string of the molecule is CCNC(=NCc1ccc(C)cc1SC)NCc1c(CC)nn(C)c1CC. The van der Waals surface area contributed by atoms with Crippen LogP contribution < -0.4 is 10.6 Å². The molecule has 0 amide bonds. The number of hydrogen-bond donors (Lipinski definition) is 2. The van der Waals surface area contributed by atoms with Crippen LogP contribution >= 0.6 is 11.8 Å². The lowest BCUT2D eigenvalue weighted by Crippen LogP contribution is -2.37. The summed E-state index contributed by atoms with van der Waals surface area (Å²) in [6, 6.07) is 6.56. The average molecular weight is 388 g/mol. The highest BCUT2D eigenvalue weighted by molar-refractivity contribution is 7.98. The van der Waals surface area contributed by atoms with E-state index in [0.717, 1.165) is 31.9 Å². The fraction of sp³-hybridized carbons (Fsp3) is 0.524. The molecule has 0 bridgehead atoms. The van der Waals surface area contributed by atoms with Crippen LogP contribution in [0, 0.1) is 6.92 Å². The predicted molar refractivity (Wildman–Crippen MR) is 117 cm³/mol. The fourth-order valence-electron chi connectivity index (χ4n) is 3.25. The van der Waals surface area contributed by atoms with E-state index in [4.69, 9.17) is 4.99 Å². The lowest BCUT2D eigenvalue weighted by Gasteiger charge is -2.13. The van der Waals surface area contributed by atoms with Crippen molar-refractivity contribution in [3.8, 4) is 0 Å². The number of aryl methyl sites for hydroxylation is 3. The van der Waals surface area contributed by atoms with Crippen LogP contribution in [0.4, 0.5) is 0 Å². The Bertz CT molecular complexity index is 779. The van der Waals surface area contributed by atoms with Gasteiger partial charge < -0.3 is 10.6 Å². The molecule has 0 aliphatic heterocycles. The number of thioether (sulfide) groups is 1. The molecule has 1 aromatic carbocycles.